The summed E-state index contributed by atoms with van der Waals surface area (Å²) in [4.78, 5) is 3.95. The molecule has 0 spiro atoms. The van der Waals surface area contributed by atoms with E-state index >= 15 is 0 Å². The van der Waals surface area contributed by atoms with Gasteiger partial charge in [0.15, 0.2) is 0 Å². The molecule has 0 bridgehead atoms. The third-order valence-electron chi connectivity index (χ3n) is 3.03. The lowest BCUT2D eigenvalue weighted by molar-refractivity contribution is 0.518. The smallest absolute Gasteiger partial charge is 0.138 e. The zero-order valence-electron chi connectivity index (χ0n) is 11.0. The van der Waals surface area contributed by atoms with Gasteiger partial charge in [0.2, 0.25) is 0 Å². The number of nitrogens with zero attached hydrogens (tertiary/aromatic N) is 3. The molecule has 1 atom stereocenters. The molecule has 0 aliphatic rings. The molecule has 0 fully saturated rings. The Morgan fingerprint density at radius 2 is 2.00 bits per heavy atom. The molecule has 0 aliphatic carbocycles. The molecule has 18 heavy (non-hydrogen) atoms. The van der Waals surface area contributed by atoms with Gasteiger partial charge in [-0.05, 0) is 37.1 Å². The topological polar surface area (TPSA) is 42.7 Å². The molecule has 0 radical (unpaired) electrons. The third-order valence-corrected chi connectivity index (χ3v) is 3.03. The van der Waals surface area contributed by atoms with Crippen LogP contribution in [0.15, 0.2) is 36.9 Å². The molecule has 4 heteroatoms. The minimum Gasteiger partial charge on any atom is -0.310 e. The maximum atomic E-state index is 4.12. The van der Waals surface area contributed by atoms with Crippen LogP contribution in [0.5, 0.6) is 0 Å². The van der Waals surface area contributed by atoms with Gasteiger partial charge in [0, 0.05) is 6.04 Å². The Kier molecular flexibility index (Phi) is 4.47. The van der Waals surface area contributed by atoms with Crippen LogP contribution in [0.4, 0.5) is 0 Å². The quantitative estimate of drug-likeness (QED) is 0.849. The molecule has 1 N–H and O–H groups in total. The zero-order chi connectivity index (χ0) is 12.8. The largest absolute Gasteiger partial charge is 0.310 e. The van der Waals surface area contributed by atoms with Gasteiger partial charge in [-0.2, -0.15) is 5.10 Å². The van der Waals surface area contributed by atoms with Gasteiger partial charge in [-0.25, -0.2) is 9.67 Å². The molecule has 4 nitrogen and oxygen atoms in total. The van der Waals surface area contributed by atoms with Crippen LogP contribution in [-0.4, -0.2) is 21.3 Å². The fourth-order valence-electron chi connectivity index (χ4n) is 2.02. The maximum Gasteiger partial charge on any atom is 0.138 e. The molecule has 1 heterocycles. The average molecular weight is 244 g/mol. The second kappa shape index (κ2) is 6.31. The number of rotatable bonds is 6. The molecule has 0 aliphatic heterocycles. The van der Waals surface area contributed by atoms with Gasteiger partial charge in [0.25, 0.3) is 0 Å². The van der Waals surface area contributed by atoms with E-state index in [1.807, 2.05) is 0 Å². The van der Waals surface area contributed by atoms with Crippen LogP contribution in [0.3, 0.4) is 0 Å². The summed E-state index contributed by atoms with van der Waals surface area (Å²) in [6.45, 7) is 5.45. The van der Waals surface area contributed by atoms with Crippen molar-refractivity contribution in [2.24, 2.45) is 0 Å². The van der Waals surface area contributed by atoms with E-state index in [2.05, 4.69) is 53.5 Å². The van der Waals surface area contributed by atoms with Crippen molar-refractivity contribution in [1.29, 1.82) is 0 Å². The highest BCUT2D eigenvalue weighted by molar-refractivity contribution is 5.34. The van der Waals surface area contributed by atoms with Gasteiger partial charge >= 0.3 is 0 Å². The van der Waals surface area contributed by atoms with E-state index in [1.54, 1.807) is 17.3 Å². The van der Waals surface area contributed by atoms with Crippen molar-refractivity contribution in [3.8, 4) is 5.69 Å². The lowest BCUT2D eigenvalue weighted by atomic mass is 10.0. The van der Waals surface area contributed by atoms with Gasteiger partial charge < -0.3 is 5.32 Å². The maximum absolute atomic E-state index is 4.12. The fourth-order valence-corrected chi connectivity index (χ4v) is 2.02. The molecule has 0 saturated carbocycles. The minimum absolute atomic E-state index is 0.440. The van der Waals surface area contributed by atoms with Crippen LogP contribution in [0, 0.1) is 0 Å². The highest BCUT2D eigenvalue weighted by Crippen LogP contribution is 2.18. The molecule has 2 aromatic rings. The number of nitrogens with one attached hydrogen (secondary N) is 1. The normalized spacial score (nSPS) is 12.6. The predicted molar refractivity (Wildman–Crippen MR) is 72.7 cm³/mol. The summed E-state index contributed by atoms with van der Waals surface area (Å²) in [5, 5.41) is 7.68. The van der Waals surface area contributed by atoms with Crippen LogP contribution >= 0.6 is 0 Å². The summed E-state index contributed by atoms with van der Waals surface area (Å²) in [5.41, 5.74) is 2.37. The second-order valence-corrected chi connectivity index (χ2v) is 4.35. The van der Waals surface area contributed by atoms with Crippen molar-refractivity contribution >= 4 is 0 Å². The van der Waals surface area contributed by atoms with E-state index < -0.39 is 0 Å². The van der Waals surface area contributed by atoms with E-state index in [-0.39, 0.29) is 0 Å². The lowest BCUT2D eigenvalue weighted by Crippen LogP contribution is -2.21. The molecule has 1 unspecified atom stereocenters. The van der Waals surface area contributed by atoms with Crippen LogP contribution in [0.1, 0.15) is 38.3 Å². The number of benzene rings is 1. The van der Waals surface area contributed by atoms with Crippen LogP contribution in [0.2, 0.25) is 0 Å². The highest BCUT2D eigenvalue weighted by Gasteiger charge is 2.07. The summed E-state index contributed by atoms with van der Waals surface area (Å²) in [7, 11) is 0. The molecule has 1 aromatic heterocycles. The van der Waals surface area contributed by atoms with Gasteiger partial charge in [-0.3, -0.25) is 0 Å². The lowest BCUT2D eigenvalue weighted by Gasteiger charge is -2.17. The third kappa shape index (κ3) is 2.96. The predicted octanol–water partition coefficient (Wildman–Crippen LogP) is 2.72. The van der Waals surface area contributed by atoms with E-state index in [9.17, 15) is 0 Å². The molecular weight excluding hydrogens is 224 g/mol. The first-order chi connectivity index (χ1) is 8.85. The molecule has 96 valence electrons. The first-order valence-corrected chi connectivity index (χ1v) is 6.53. The Bertz CT molecular complexity index is 447. The van der Waals surface area contributed by atoms with Crippen molar-refractivity contribution in [1.82, 2.24) is 20.1 Å². The molecular formula is C14H20N4. The van der Waals surface area contributed by atoms with E-state index in [1.165, 1.54) is 5.56 Å². The Morgan fingerprint density at radius 1 is 1.22 bits per heavy atom. The van der Waals surface area contributed by atoms with Crippen LogP contribution in [-0.2, 0) is 0 Å². The summed E-state index contributed by atoms with van der Waals surface area (Å²) < 4.78 is 1.77. The van der Waals surface area contributed by atoms with Crippen LogP contribution < -0.4 is 5.32 Å². The van der Waals surface area contributed by atoms with Crippen molar-refractivity contribution in [2.45, 2.75) is 32.7 Å². The first kappa shape index (κ1) is 12.8. The van der Waals surface area contributed by atoms with Gasteiger partial charge in [0.05, 0.1) is 5.69 Å². The van der Waals surface area contributed by atoms with Crippen LogP contribution in [0.25, 0.3) is 5.69 Å². The Morgan fingerprint density at radius 3 is 2.56 bits per heavy atom. The summed E-state index contributed by atoms with van der Waals surface area (Å²) in [5.74, 6) is 0. The van der Waals surface area contributed by atoms with Crippen molar-refractivity contribution in [3.63, 3.8) is 0 Å². The molecule has 0 saturated heterocycles. The van der Waals surface area contributed by atoms with E-state index in [4.69, 9.17) is 0 Å². The molecule has 2 rings (SSSR count). The van der Waals surface area contributed by atoms with E-state index in [0.29, 0.717) is 6.04 Å². The SMILES string of the molecule is CCCNC(CC)c1ccc(-n2cncn2)cc1. The first-order valence-electron chi connectivity index (χ1n) is 6.53. The van der Waals surface area contributed by atoms with Crippen molar-refractivity contribution < 1.29 is 0 Å². The standard InChI is InChI=1S/C14H20N4/c1-3-9-16-14(4-2)12-5-7-13(8-6-12)18-11-15-10-17-18/h5-8,10-11,14,16H,3-4,9H2,1-2H3. The Balaban J connectivity index is 2.11. The number of aromatic nitrogens is 3. The Labute approximate surface area is 108 Å². The van der Waals surface area contributed by atoms with Gasteiger partial charge in [-0.15, -0.1) is 0 Å². The fraction of sp³-hybridized carbons (Fsp3) is 0.429. The second-order valence-electron chi connectivity index (χ2n) is 4.35. The number of hydrogen-bond donors (Lipinski definition) is 1. The van der Waals surface area contributed by atoms with Gasteiger partial charge in [-0.1, -0.05) is 26.0 Å². The molecule has 0 amide bonds. The summed E-state index contributed by atoms with van der Waals surface area (Å²) in [6.07, 6.45) is 5.52. The molecule has 1 aromatic carbocycles. The zero-order valence-corrected chi connectivity index (χ0v) is 11.0. The summed E-state index contributed by atoms with van der Waals surface area (Å²) >= 11 is 0. The Hall–Kier alpha value is -1.68. The highest BCUT2D eigenvalue weighted by atomic mass is 15.3. The number of hydrogen-bond acceptors (Lipinski definition) is 3. The minimum atomic E-state index is 0.440. The van der Waals surface area contributed by atoms with Crippen molar-refractivity contribution in [2.75, 3.05) is 6.54 Å². The average Bonchev–Trinajstić information content (AvgIpc) is 2.94. The van der Waals surface area contributed by atoms with Gasteiger partial charge in [0.1, 0.15) is 12.7 Å². The summed E-state index contributed by atoms with van der Waals surface area (Å²) in [6, 6.07) is 8.93. The van der Waals surface area contributed by atoms with Crippen molar-refractivity contribution in [3.05, 3.63) is 42.5 Å². The van der Waals surface area contributed by atoms with E-state index in [0.717, 1.165) is 25.1 Å². The monoisotopic (exact) mass is 244 g/mol.